The Balaban J connectivity index is 2.35. The lowest BCUT2D eigenvalue weighted by molar-refractivity contribution is 0.476. The van der Waals surface area contributed by atoms with Gasteiger partial charge in [0.05, 0.1) is 0 Å². The third-order valence-electron chi connectivity index (χ3n) is 3.41. The Morgan fingerprint density at radius 3 is 2.56 bits per heavy atom. The average molecular weight is 250 g/mol. The lowest BCUT2D eigenvalue weighted by Crippen LogP contribution is -1.78. The van der Waals surface area contributed by atoms with E-state index in [0.29, 0.717) is 5.75 Å². The van der Waals surface area contributed by atoms with Crippen LogP contribution in [0.2, 0.25) is 0 Å². The molecule has 3 aromatic carbocycles. The van der Waals surface area contributed by atoms with Crippen molar-refractivity contribution >= 4 is 43.0 Å². The Hall–Kier alpha value is -2.06. The third kappa shape index (κ3) is 1.27. The predicted octanol–water partition coefficient (Wildman–Crippen LogP) is 4.91. The van der Waals surface area contributed by atoms with E-state index in [1.165, 1.54) is 26.2 Å². The molecule has 0 unspecified atom stereocenters. The molecule has 0 saturated carbocycles. The Bertz CT molecular complexity index is 889. The number of benzene rings is 3. The van der Waals surface area contributed by atoms with Gasteiger partial charge in [-0.25, -0.2) is 0 Å². The molecule has 1 aromatic heterocycles. The Morgan fingerprint density at radius 2 is 1.61 bits per heavy atom. The van der Waals surface area contributed by atoms with Crippen molar-refractivity contribution in [1.29, 1.82) is 0 Å². The number of thiophene rings is 1. The number of aromatic hydroxyl groups is 1. The zero-order valence-electron chi connectivity index (χ0n) is 9.55. The summed E-state index contributed by atoms with van der Waals surface area (Å²) in [6, 6.07) is 16.3. The molecule has 0 spiro atoms. The molecule has 4 aromatic rings. The van der Waals surface area contributed by atoms with Gasteiger partial charge in [-0.1, -0.05) is 24.3 Å². The topological polar surface area (TPSA) is 20.2 Å². The van der Waals surface area contributed by atoms with Gasteiger partial charge in [-0.05, 0) is 51.2 Å². The van der Waals surface area contributed by atoms with Gasteiger partial charge in [-0.3, -0.25) is 0 Å². The van der Waals surface area contributed by atoms with Crippen LogP contribution in [0.15, 0.2) is 53.9 Å². The maximum Gasteiger partial charge on any atom is 0.116 e. The van der Waals surface area contributed by atoms with Crippen LogP contribution in [0.5, 0.6) is 5.75 Å². The summed E-state index contributed by atoms with van der Waals surface area (Å²) >= 11 is 1.76. The van der Waals surface area contributed by atoms with Crippen LogP contribution in [0, 0.1) is 0 Å². The van der Waals surface area contributed by atoms with Crippen LogP contribution >= 0.6 is 11.3 Å². The molecule has 1 nitrogen and oxygen atoms in total. The van der Waals surface area contributed by atoms with E-state index >= 15 is 0 Å². The number of phenolic OH excluding ortho intramolecular Hbond substituents is 1. The number of fused-ring (bicyclic) bond motifs is 5. The van der Waals surface area contributed by atoms with Gasteiger partial charge in [0.1, 0.15) is 5.75 Å². The molecule has 18 heavy (non-hydrogen) atoms. The number of phenols is 1. The van der Waals surface area contributed by atoms with Gasteiger partial charge >= 0.3 is 0 Å². The summed E-state index contributed by atoms with van der Waals surface area (Å²) < 4.78 is 1.31. The van der Waals surface area contributed by atoms with Gasteiger partial charge in [0.25, 0.3) is 0 Å². The second-order valence-electron chi connectivity index (χ2n) is 4.47. The highest BCUT2D eigenvalue weighted by molar-refractivity contribution is 7.17. The van der Waals surface area contributed by atoms with Crippen molar-refractivity contribution < 1.29 is 5.11 Å². The van der Waals surface area contributed by atoms with Gasteiger partial charge in [-0.2, -0.15) is 0 Å². The molecule has 0 fully saturated rings. The highest BCUT2D eigenvalue weighted by Gasteiger charge is 2.06. The van der Waals surface area contributed by atoms with Crippen molar-refractivity contribution in [2.75, 3.05) is 0 Å². The summed E-state index contributed by atoms with van der Waals surface area (Å²) in [6.45, 7) is 0. The molecule has 2 heteroatoms. The molecule has 1 heterocycles. The van der Waals surface area contributed by atoms with Crippen LogP contribution in [-0.4, -0.2) is 5.11 Å². The van der Waals surface area contributed by atoms with E-state index in [1.807, 2.05) is 12.1 Å². The van der Waals surface area contributed by atoms with Crippen LogP contribution in [0.3, 0.4) is 0 Å². The van der Waals surface area contributed by atoms with Crippen molar-refractivity contribution in [2.45, 2.75) is 0 Å². The molecular weight excluding hydrogens is 240 g/mol. The van der Waals surface area contributed by atoms with E-state index in [9.17, 15) is 5.11 Å². The van der Waals surface area contributed by atoms with E-state index in [4.69, 9.17) is 0 Å². The summed E-state index contributed by atoms with van der Waals surface area (Å²) in [6.07, 6.45) is 0. The fourth-order valence-electron chi connectivity index (χ4n) is 2.60. The van der Waals surface area contributed by atoms with Crippen molar-refractivity contribution in [2.24, 2.45) is 0 Å². The van der Waals surface area contributed by atoms with Crippen LogP contribution in [0.4, 0.5) is 0 Å². The van der Waals surface area contributed by atoms with Crippen LogP contribution < -0.4 is 0 Å². The van der Waals surface area contributed by atoms with E-state index in [0.717, 1.165) is 5.39 Å². The molecule has 0 bridgehead atoms. The summed E-state index contributed by atoms with van der Waals surface area (Å²) in [7, 11) is 0. The van der Waals surface area contributed by atoms with Crippen molar-refractivity contribution in [1.82, 2.24) is 0 Å². The lowest BCUT2D eigenvalue weighted by Gasteiger charge is -2.06. The molecule has 0 amide bonds. The SMILES string of the molecule is Oc1ccc2c(ccc3ccc4sccc4c32)c1. The van der Waals surface area contributed by atoms with Crippen molar-refractivity contribution in [3.63, 3.8) is 0 Å². The Labute approximate surface area is 108 Å². The first kappa shape index (κ1) is 9.92. The Kier molecular flexibility index (Phi) is 1.91. The minimum Gasteiger partial charge on any atom is -0.508 e. The molecule has 0 aliphatic heterocycles. The molecule has 86 valence electrons. The van der Waals surface area contributed by atoms with Crippen LogP contribution in [0.1, 0.15) is 0 Å². The van der Waals surface area contributed by atoms with Crippen molar-refractivity contribution in [3.05, 3.63) is 53.9 Å². The van der Waals surface area contributed by atoms with E-state index in [-0.39, 0.29) is 0 Å². The van der Waals surface area contributed by atoms with Crippen LogP contribution in [0.25, 0.3) is 31.6 Å². The average Bonchev–Trinajstić information content (AvgIpc) is 2.86. The number of rotatable bonds is 0. The fraction of sp³-hybridized carbons (Fsp3) is 0. The molecule has 0 aliphatic carbocycles. The summed E-state index contributed by atoms with van der Waals surface area (Å²) in [5, 5.41) is 17.8. The lowest BCUT2D eigenvalue weighted by atomic mass is 9.99. The normalized spacial score (nSPS) is 11.6. The smallest absolute Gasteiger partial charge is 0.116 e. The Morgan fingerprint density at radius 1 is 0.778 bits per heavy atom. The van der Waals surface area contributed by atoms with Gasteiger partial charge in [-0.15, -0.1) is 11.3 Å². The zero-order chi connectivity index (χ0) is 12.1. The standard InChI is InChI=1S/C16H10OS/c17-12-4-5-13-11(9-12)2-1-10-3-6-15-14(16(10)13)7-8-18-15/h1-9,17H. The predicted molar refractivity (Wildman–Crippen MR) is 78.5 cm³/mol. The highest BCUT2D eigenvalue weighted by atomic mass is 32.1. The zero-order valence-corrected chi connectivity index (χ0v) is 10.4. The first-order valence-electron chi connectivity index (χ1n) is 5.84. The van der Waals surface area contributed by atoms with Gasteiger partial charge in [0.2, 0.25) is 0 Å². The van der Waals surface area contributed by atoms with E-state index in [2.05, 4.69) is 35.7 Å². The number of hydrogen-bond acceptors (Lipinski definition) is 2. The van der Waals surface area contributed by atoms with Crippen LogP contribution in [-0.2, 0) is 0 Å². The molecule has 4 rings (SSSR count). The van der Waals surface area contributed by atoms with Gasteiger partial charge in [0.15, 0.2) is 0 Å². The number of hydrogen-bond donors (Lipinski definition) is 1. The molecule has 0 atom stereocenters. The molecular formula is C16H10OS. The van der Waals surface area contributed by atoms with Gasteiger partial charge in [0, 0.05) is 10.1 Å². The first-order chi connectivity index (χ1) is 8.83. The minimum atomic E-state index is 0.319. The molecule has 0 saturated heterocycles. The third-order valence-corrected chi connectivity index (χ3v) is 4.30. The monoisotopic (exact) mass is 250 g/mol. The summed E-state index contributed by atoms with van der Waals surface area (Å²) in [5.74, 6) is 0.319. The van der Waals surface area contributed by atoms with E-state index in [1.54, 1.807) is 17.4 Å². The minimum absolute atomic E-state index is 0.319. The fourth-order valence-corrected chi connectivity index (χ4v) is 3.39. The second-order valence-corrected chi connectivity index (χ2v) is 5.41. The molecule has 0 radical (unpaired) electrons. The molecule has 0 aliphatic rings. The maximum atomic E-state index is 9.58. The van der Waals surface area contributed by atoms with Crippen molar-refractivity contribution in [3.8, 4) is 5.75 Å². The highest BCUT2D eigenvalue weighted by Crippen LogP contribution is 2.35. The van der Waals surface area contributed by atoms with Gasteiger partial charge < -0.3 is 5.11 Å². The summed E-state index contributed by atoms with van der Waals surface area (Å²) in [5.41, 5.74) is 0. The first-order valence-corrected chi connectivity index (χ1v) is 6.72. The largest absolute Gasteiger partial charge is 0.508 e. The second kappa shape index (κ2) is 3.47. The summed E-state index contributed by atoms with van der Waals surface area (Å²) in [4.78, 5) is 0. The quantitative estimate of drug-likeness (QED) is 0.439. The van der Waals surface area contributed by atoms with E-state index < -0.39 is 0 Å². The maximum absolute atomic E-state index is 9.58. The molecule has 1 N–H and O–H groups in total.